The number of methoxy groups -OCH3 is 1. The number of hydrogen-bond donors (Lipinski definition) is 3. The van der Waals surface area contributed by atoms with Gasteiger partial charge in [0.1, 0.15) is 5.56 Å². The quantitative estimate of drug-likeness (QED) is 0.270. The Labute approximate surface area is 181 Å². The van der Waals surface area contributed by atoms with Gasteiger partial charge in [-0.05, 0) is 25.3 Å². The van der Waals surface area contributed by atoms with Crippen molar-refractivity contribution in [3.63, 3.8) is 0 Å². The molecule has 0 bridgehead atoms. The standard InChI is InChI=1S/C19H26N3O8P/c1-29-18(27)15(31)14-6-2-3-8-22(14)19(28)30-11-21-7-4-5-12(9-21)16(24)20-13(10-23)17(25)26/h4-5,7,9,13-15,23H,2-3,6,8,10-11,31H2,1H3,(H-,20,24,25,26)/p+1/t13-,14+,15+/m0/s1. The van der Waals surface area contributed by atoms with Gasteiger partial charge in [-0.2, -0.15) is 4.57 Å². The van der Waals surface area contributed by atoms with E-state index in [9.17, 15) is 19.2 Å². The topological polar surface area (TPSA) is 146 Å². The van der Waals surface area contributed by atoms with Crippen LogP contribution in [0.3, 0.4) is 0 Å². The Hall–Kier alpha value is -2.78. The van der Waals surface area contributed by atoms with E-state index in [-0.39, 0.29) is 18.3 Å². The number of aliphatic hydroxyl groups excluding tert-OH is 1. The van der Waals surface area contributed by atoms with E-state index in [1.54, 1.807) is 6.20 Å². The van der Waals surface area contributed by atoms with Gasteiger partial charge in [-0.3, -0.25) is 9.59 Å². The number of rotatable bonds is 8. The predicted molar refractivity (Wildman–Crippen MR) is 109 cm³/mol. The van der Waals surface area contributed by atoms with Gasteiger partial charge in [0, 0.05) is 12.6 Å². The molecule has 0 radical (unpaired) electrons. The van der Waals surface area contributed by atoms with Gasteiger partial charge in [0.25, 0.3) is 12.6 Å². The fourth-order valence-corrected chi connectivity index (χ4v) is 3.76. The summed E-state index contributed by atoms with van der Waals surface area (Å²) >= 11 is 0. The lowest BCUT2D eigenvalue weighted by atomic mass is 9.99. The number of piperidine rings is 1. The summed E-state index contributed by atoms with van der Waals surface area (Å²) in [6, 6.07) is 1.22. The van der Waals surface area contributed by atoms with E-state index in [0.717, 1.165) is 12.8 Å². The fraction of sp³-hybridized carbons (Fsp3) is 0.526. The lowest BCUT2D eigenvalue weighted by Gasteiger charge is -2.36. The first kappa shape index (κ1) is 24.5. The van der Waals surface area contributed by atoms with E-state index in [1.807, 2.05) is 0 Å². The van der Waals surface area contributed by atoms with Crippen molar-refractivity contribution in [2.24, 2.45) is 0 Å². The Morgan fingerprint density at radius 2 is 2.10 bits per heavy atom. The van der Waals surface area contributed by atoms with E-state index in [0.29, 0.717) is 13.0 Å². The van der Waals surface area contributed by atoms with Gasteiger partial charge in [0.05, 0.1) is 25.4 Å². The molecule has 12 heteroatoms. The van der Waals surface area contributed by atoms with Gasteiger partial charge in [0.2, 0.25) is 0 Å². The van der Waals surface area contributed by atoms with Crippen molar-refractivity contribution in [1.82, 2.24) is 10.2 Å². The number of amides is 2. The summed E-state index contributed by atoms with van der Waals surface area (Å²) < 4.78 is 11.6. The van der Waals surface area contributed by atoms with E-state index in [2.05, 4.69) is 14.6 Å². The molecule has 1 unspecified atom stereocenters. The number of hydrogen-bond acceptors (Lipinski definition) is 7. The van der Waals surface area contributed by atoms with Crippen molar-refractivity contribution < 1.29 is 43.4 Å². The molecule has 0 aliphatic carbocycles. The highest BCUT2D eigenvalue weighted by atomic mass is 31.0. The van der Waals surface area contributed by atoms with Crippen LogP contribution in [0.4, 0.5) is 4.79 Å². The summed E-state index contributed by atoms with van der Waals surface area (Å²) in [5.41, 5.74) is -0.434. The third kappa shape index (κ3) is 6.60. The first-order chi connectivity index (χ1) is 14.8. The van der Waals surface area contributed by atoms with Crippen LogP contribution in [0.2, 0.25) is 0 Å². The van der Waals surface area contributed by atoms with Gasteiger partial charge in [-0.25, -0.2) is 9.59 Å². The van der Waals surface area contributed by atoms with Crippen LogP contribution in [-0.4, -0.2) is 77.1 Å². The minimum Gasteiger partial charge on any atom is -0.480 e. The zero-order valence-electron chi connectivity index (χ0n) is 17.1. The summed E-state index contributed by atoms with van der Waals surface area (Å²) in [4.78, 5) is 49.2. The number of aromatic nitrogens is 1. The number of pyridine rings is 1. The smallest absolute Gasteiger partial charge is 0.414 e. The lowest BCUT2D eigenvalue weighted by Crippen LogP contribution is -2.51. The van der Waals surface area contributed by atoms with Crippen LogP contribution in [-0.2, 0) is 25.8 Å². The maximum absolute atomic E-state index is 12.6. The Morgan fingerprint density at radius 1 is 1.35 bits per heavy atom. The van der Waals surface area contributed by atoms with Crippen LogP contribution in [0.1, 0.15) is 29.6 Å². The molecule has 1 saturated heterocycles. The molecule has 11 nitrogen and oxygen atoms in total. The average molecular weight is 456 g/mol. The number of aliphatic hydroxyl groups is 1. The minimum absolute atomic E-state index is 0.129. The van der Waals surface area contributed by atoms with E-state index < -0.39 is 42.2 Å². The molecule has 1 aliphatic heterocycles. The summed E-state index contributed by atoms with van der Waals surface area (Å²) in [5, 5.41) is 20.2. The van der Waals surface area contributed by atoms with Crippen molar-refractivity contribution in [2.45, 2.75) is 43.7 Å². The number of carboxylic acids is 1. The van der Waals surface area contributed by atoms with E-state index in [1.165, 1.54) is 34.9 Å². The second-order valence-electron chi connectivity index (χ2n) is 7.00. The Bertz CT molecular complexity index is 821. The molecule has 3 N–H and O–H groups in total. The molecule has 2 rings (SSSR count). The first-order valence-electron chi connectivity index (χ1n) is 9.69. The normalized spacial score (nSPS) is 17.9. The fourth-order valence-electron chi connectivity index (χ4n) is 3.23. The van der Waals surface area contributed by atoms with Crippen molar-refractivity contribution in [1.29, 1.82) is 0 Å². The summed E-state index contributed by atoms with van der Waals surface area (Å²) in [6.07, 6.45) is 4.70. The molecule has 1 fully saturated rings. The molecule has 170 valence electrons. The molecule has 1 aromatic rings. The summed E-state index contributed by atoms with van der Waals surface area (Å²) in [7, 11) is 3.72. The number of carboxylic acid groups (broad SMARTS) is 1. The Kier molecular flexibility index (Phi) is 9.14. The summed E-state index contributed by atoms with van der Waals surface area (Å²) in [6.45, 7) is -0.480. The summed E-state index contributed by atoms with van der Waals surface area (Å²) in [5.74, 6) is -2.48. The molecule has 1 aromatic heterocycles. The molecule has 0 saturated carbocycles. The number of nitrogens with one attached hydrogen (secondary N) is 1. The minimum atomic E-state index is -1.43. The van der Waals surface area contributed by atoms with Gasteiger partial charge in [0.15, 0.2) is 18.4 Å². The number of esters is 1. The zero-order valence-corrected chi connectivity index (χ0v) is 18.3. The molecular weight excluding hydrogens is 429 g/mol. The Balaban J connectivity index is 2.01. The molecule has 4 atom stereocenters. The molecule has 0 spiro atoms. The molecule has 2 heterocycles. The van der Waals surface area contributed by atoms with Crippen LogP contribution in [0, 0.1) is 0 Å². The van der Waals surface area contributed by atoms with Crippen molar-refractivity contribution in [2.75, 3.05) is 20.3 Å². The highest BCUT2D eigenvalue weighted by molar-refractivity contribution is 7.19. The second kappa shape index (κ2) is 11.6. The van der Waals surface area contributed by atoms with Crippen LogP contribution in [0.5, 0.6) is 0 Å². The predicted octanol–water partition coefficient (Wildman–Crippen LogP) is -0.485. The van der Waals surface area contributed by atoms with E-state index in [4.69, 9.17) is 19.7 Å². The first-order valence-corrected chi connectivity index (χ1v) is 10.4. The largest absolute Gasteiger partial charge is 0.480 e. The van der Waals surface area contributed by atoms with Gasteiger partial charge >= 0.3 is 18.0 Å². The number of carbonyl (C=O) groups excluding carboxylic acids is 3. The van der Waals surface area contributed by atoms with Crippen LogP contribution >= 0.6 is 9.24 Å². The number of aliphatic carboxylic acids is 1. The lowest BCUT2D eigenvalue weighted by molar-refractivity contribution is -0.727. The Morgan fingerprint density at radius 3 is 2.74 bits per heavy atom. The maximum Gasteiger partial charge on any atom is 0.414 e. The molecular formula is C19H27N3O8P+. The van der Waals surface area contributed by atoms with Crippen molar-refractivity contribution in [3.05, 3.63) is 30.1 Å². The van der Waals surface area contributed by atoms with Crippen LogP contribution in [0.15, 0.2) is 24.5 Å². The van der Waals surface area contributed by atoms with Crippen molar-refractivity contribution in [3.8, 4) is 0 Å². The van der Waals surface area contributed by atoms with Crippen LogP contribution < -0.4 is 9.88 Å². The van der Waals surface area contributed by atoms with Crippen molar-refractivity contribution >= 4 is 33.2 Å². The highest BCUT2D eigenvalue weighted by Crippen LogP contribution is 2.25. The zero-order chi connectivity index (χ0) is 23.0. The number of likely N-dealkylation sites (tertiary alicyclic amines) is 1. The third-order valence-corrected chi connectivity index (χ3v) is 5.63. The SMILES string of the molecule is COC(=O)[C@H](P)[C@H]1CCCCN1C(=O)OC[n+]1cccc(C(=O)N[C@@H](CO)C(=O)O)c1. The monoisotopic (exact) mass is 456 g/mol. The number of ether oxygens (including phenoxy) is 2. The molecule has 0 aromatic carbocycles. The molecule has 2 amide bonds. The average Bonchev–Trinajstić information content (AvgIpc) is 2.79. The number of nitrogens with zero attached hydrogens (tertiary/aromatic N) is 2. The molecule has 1 aliphatic rings. The number of carbonyl (C=O) groups is 4. The second-order valence-corrected chi connectivity index (χ2v) is 7.72. The van der Waals surface area contributed by atoms with Gasteiger partial charge < -0.3 is 29.9 Å². The highest BCUT2D eigenvalue weighted by Gasteiger charge is 2.36. The third-order valence-electron chi connectivity index (χ3n) is 4.92. The van der Waals surface area contributed by atoms with Gasteiger partial charge in [-0.15, -0.1) is 9.24 Å². The van der Waals surface area contributed by atoms with Crippen LogP contribution in [0.25, 0.3) is 0 Å². The molecule has 31 heavy (non-hydrogen) atoms. The maximum atomic E-state index is 12.6. The van der Waals surface area contributed by atoms with E-state index >= 15 is 0 Å². The van der Waals surface area contributed by atoms with Gasteiger partial charge in [-0.1, -0.05) is 0 Å².